The van der Waals surface area contributed by atoms with E-state index in [0.29, 0.717) is 52.3 Å². The fourth-order valence-corrected chi connectivity index (χ4v) is 7.55. The van der Waals surface area contributed by atoms with Crippen LogP contribution >= 0.6 is 0 Å². The van der Waals surface area contributed by atoms with Crippen molar-refractivity contribution in [2.45, 2.75) is 43.8 Å². The van der Waals surface area contributed by atoms with Gasteiger partial charge in [-0.2, -0.15) is 4.31 Å². The van der Waals surface area contributed by atoms with E-state index in [-0.39, 0.29) is 12.8 Å². The molecular formula is C27H40N4O5S. The number of carbonyl (C=O) groups excluding carboxylic acids is 1. The summed E-state index contributed by atoms with van der Waals surface area (Å²) >= 11 is 0. The van der Waals surface area contributed by atoms with Crippen molar-refractivity contribution in [1.82, 2.24) is 9.21 Å². The van der Waals surface area contributed by atoms with Crippen LogP contribution in [0.1, 0.15) is 37.7 Å². The zero-order chi connectivity index (χ0) is 26.5. The highest BCUT2D eigenvalue weighted by Crippen LogP contribution is 2.35. The van der Waals surface area contributed by atoms with Gasteiger partial charge in [-0.25, -0.2) is 8.42 Å². The van der Waals surface area contributed by atoms with E-state index in [4.69, 9.17) is 15.2 Å². The van der Waals surface area contributed by atoms with Gasteiger partial charge < -0.3 is 25.0 Å². The number of hydrogen-bond acceptors (Lipinski definition) is 7. The maximum absolute atomic E-state index is 13.8. The number of hydrogen-bond donors (Lipinski definition) is 1. The van der Waals surface area contributed by atoms with Gasteiger partial charge in [0.1, 0.15) is 11.5 Å². The molecule has 10 heteroatoms. The molecule has 1 aromatic carbocycles. The molecule has 0 saturated carbocycles. The molecule has 0 radical (unpaired) electrons. The van der Waals surface area contributed by atoms with Gasteiger partial charge in [0.15, 0.2) is 4.75 Å². The van der Waals surface area contributed by atoms with Crippen molar-refractivity contribution in [3.63, 3.8) is 0 Å². The van der Waals surface area contributed by atoms with Gasteiger partial charge in [-0.05, 0) is 81.5 Å². The van der Waals surface area contributed by atoms with Crippen molar-refractivity contribution in [2.24, 2.45) is 5.73 Å². The maximum atomic E-state index is 13.8. The molecule has 1 unspecified atom stereocenters. The highest BCUT2D eigenvalue weighted by molar-refractivity contribution is 7.91. The zero-order valence-electron chi connectivity index (χ0n) is 22.0. The second kappa shape index (κ2) is 12.0. The normalized spacial score (nSPS) is 23.9. The Labute approximate surface area is 220 Å². The number of anilines is 1. The summed E-state index contributed by atoms with van der Waals surface area (Å²) in [4.78, 5) is 17.0. The van der Waals surface area contributed by atoms with Crippen molar-refractivity contribution in [3.8, 4) is 5.75 Å². The number of aryl methyl sites for hydroxylation is 1. The number of ether oxygens (including phenoxy) is 2. The van der Waals surface area contributed by atoms with Crippen molar-refractivity contribution in [2.75, 3.05) is 64.4 Å². The molecule has 2 fully saturated rings. The van der Waals surface area contributed by atoms with Crippen molar-refractivity contribution >= 4 is 21.6 Å². The fraction of sp³-hybridized carbons (Fsp3) is 0.593. The zero-order valence-corrected chi connectivity index (χ0v) is 22.8. The van der Waals surface area contributed by atoms with E-state index in [1.165, 1.54) is 4.31 Å². The Hall–Kier alpha value is -2.40. The van der Waals surface area contributed by atoms with Gasteiger partial charge in [-0.3, -0.25) is 4.79 Å². The molecule has 1 aromatic rings. The molecule has 1 amide bonds. The third-order valence-corrected chi connectivity index (χ3v) is 10.4. The number of amides is 1. The van der Waals surface area contributed by atoms with Gasteiger partial charge in [-0.1, -0.05) is 6.08 Å². The van der Waals surface area contributed by atoms with Crippen molar-refractivity contribution < 1.29 is 22.7 Å². The first-order valence-corrected chi connectivity index (χ1v) is 14.6. The molecule has 0 bridgehead atoms. The minimum Gasteiger partial charge on any atom is -0.457 e. The molecule has 4 rings (SSSR count). The molecule has 0 spiro atoms. The lowest BCUT2D eigenvalue weighted by Gasteiger charge is -2.40. The monoisotopic (exact) mass is 532 g/mol. The Morgan fingerprint density at radius 2 is 1.86 bits per heavy atom. The van der Waals surface area contributed by atoms with Crippen molar-refractivity contribution in [1.29, 1.82) is 0 Å². The summed E-state index contributed by atoms with van der Waals surface area (Å²) in [7, 11) is -2.26. The summed E-state index contributed by atoms with van der Waals surface area (Å²) in [6, 6.07) is 6.07. The van der Waals surface area contributed by atoms with Crippen LogP contribution in [-0.2, 0) is 19.6 Å². The summed E-state index contributed by atoms with van der Waals surface area (Å²) in [6.45, 7) is 6.26. The number of nitrogens with zero attached hydrogens (tertiary/aromatic N) is 3. The third kappa shape index (κ3) is 6.03. The van der Waals surface area contributed by atoms with E-state index < -0.39 is 20.7 Å². The highest BCUT2D eigenvalue weighted by atomic mass is 32.2. The average Bonchev–Trinajstić information content (AvgIpc) is 3.13. The number of primary amides is 1. The van der Waals surface area contributed by atoms with E-state index in [1.807, 2.05) is 25.1 Å². The van der Waals surface area contributed by atoms with Crippen LogP contribution in [0.4, 0.5) is 5.69 Å². The molecule has 204 valence electrons. The Morgan fingerprint density at radius 1 is 1.08 bits per heavy atom. The Morgan fingerprint density at radius 3 is 2.51 bits per heavy atom. The number of nitrogens with two attached hydrogens (primary N) is 1. The minimum atomic E-state index is -3.91. The van der Waals surface area contributed by atoms with Crippen LogP contribution in [0.2, 0.25) is 0 Å². The number of benzene rings is 1. The number of allylic oxidation sites excluding steroid dienone is 3. The SMILES string of the molecule is COCCN1CCCC(C(N)=O)(S(=O)(=O)N2CCN(c3ccc(OC4=CCCC=C4)c(C)c3)CC2)CC1. The number of rotatable bonds is 9. The highest BCUT2D eigenvalue weighted by Gasteiger charge is 2.52. The first-order valence-electron chi connectivity index (χ1n) is 13.2. The van der Waals surface area contributed by atoms with Crippen LogP contribution in [-0.4, -0.2) is 87.8 Å². The van der Waals surface area contributed by atoms with Crippen LogP contribution < -0.4 is 15.4 Å². The van der Waals surface area contributed by atoms with E-state index in [1.54, 1.807) is 7.11 Å². The van der Waals surface area contributed by atoms with E-state index in [9.17, 15) is 13.2 Å². The first kappa shape index (κ1) is 27.6. The van der Waals surface area contributed by atoms with E-state index in [0.717, 1.165) is 42.1 Å². The quantitative estimate of drug-likeness (QED) is 0.521. The van der Waals surface area contributed by atoms with Crippen molar-refractivity contribution in [3.05, 3.63) is 47.7 Å². The van der Waals surface area contributed by atoms with Crippen LogP contribution in [0.3, 0.4) is 0 Å². The lowest BCUT2D eigenvalue weighted by Crippen LogP contribution is -2.60. The molecule has 3 aliphatic rings. The Bertz CT molecular complexity index is 1130. The molecule has 37 heavy (non-hydrogen) atoms. The van der Waals surface area contributed by atoms with Gasteiger partial charge in [0, 0.05) is 52.1 Å². The fourth-order valence-electron chi connectivity index (χ4n) is 5.41. The molecule has 2 aliphatic heterocycles. The molecule has 1 atom stereocenters. The Balaban J connectivity index is 1.41. The number of carbonyl (C=O) groups is 1. The van der Waals surface area contributed by atoms with Gasteiger partial charge in [-0.15, -0.1) is 0 Å². The number of sulfonamides is 1. The molecule has 1 aliphatic carbocycles. The lowest BCUT2D eigenvalue weighted by atomic mass is 9.99. The summed E-state index contributed by atoms with van der Waals surface area (Å²) in [5, 5.41) is 0. The molecular weight excluding hydrogens is 492 g/mol. The van der Waals surface area contributed by atoms with E-state index >= 15 is 0 Å². The topological polar surface area (TPSA) is 105 Å². The summed E-state index contributed by atoms with van der Waals surface area (Å²) < 4.78 is 38.8. The minimum absolute atomic E-state index is 0.209. The van der Waals surface area contributed by atoms with Crippen LogP contribution in [0, 0.1) is 6.92 Å². The third-order valence-electron chi connectivity index (χ3n) is 7.73. The maximum Gasteiger partial charge on any atom is 0.240 e. The van der Waals surface area contributed by atoms with Gasteiger partial charge in [0.2, 0.25) is 15.9 Å². The lowest BCUT2D eigenvalue weighted by molar-refractivity contribution is -0.120. The predicted molar refractivity (Wildman–Crippen MR) is 145 cm³/mol. The molecule has 9 nitrogen and oxygen atoms in total. The molecule has 2 heterocycles. The first-order chi connectivity index (χ1) is 17.8. The predicted octanol–water partition coefficient (Wildman–Crippen LogP) is 2.42. The number of methoxy groups -OCH3 is 1. The summed E-state index contributed by atoms with van der Waals surface area (Å²) in [6.07, 6.45) is 9.30. The molecule has 2 saturated heterocycles. The molecule has 2 N–H and O–H groups in total. The van der Waals surface area contributed by atoms with Gasteiger partial charge in [0.25, 0.3) is 0 Å². The molecule has 0 aromatic heterocycles. The van der Waals surface area contributed by atoms with Gasteiger partial charge in [0.05, 0.1) is 6.61 Å². The van der Waals surface area contributed by atoms with Crippen LogP contribution in [0.15, 0.2) is 42.2 Å². The number of piperazine rings is 1. The van der Waals surface area contributed by atoms with Crippen LogP contribution in [0.25, 0.3) is 0 Å². The Kier molecular flexibility index (Phi) is 8.94. The van der Waals surface area contributed by atoms with E-state index in [2.05, 4.69) is 28.0 Å². The average molecular weight is 533 g/mol. The largest absolute Gasteiger partial charge is 0.457 e. The number of likely N-dealkylation sites (tertiary alicyclic amines) is 1. The van der Waals surface area contributed by atoms with Gasteiger partial charge >= 0.3 is 0 Å². The second-order valence-corrected chi connectivity index (χ2v) is 12.3. The summed E-state index contributed by atoms with van der Waals surface area (Å²) in [5.74, 6) is 0.946. The van der Waals surface area contributed by atoms with Crippen LogP contribution in [0.5, 0.6) is 5.75 Å². The second-order valence-electron chi connectivity index (χ2n) is 10.1. The smallest absolute Gasteiger partial charge is 0.240 e. The standard InChI is InChI=1S/C27H40N4O5S/c1-22-21-23(9-10-25(22)36-24-7-4-3-5-8-24)30-15-17-31(18-16-30)37(33,34)27(26(28)32)11-6-13-29(14-12-27)19-20-35-2/h4,7-10,21H,3,5-6,11-20H2,1-2H3,(H2,28,32). The summed E-state index contributed by atoms with van der Waals surface area (Å²) in [5.41, 5.74) is 7.86.